The molecular formula is C6H5ClN2O2. The normalized spacial score (nSPS) is 9.18. The predicted octanol–water partition coefficient (Wildman–Crippen LogP) is 1.19. The topological polar surface area (TPSA) is 65.2 Å². The molecule has 0 aliphatic rings. The van der Waals surface area contributed by atoms with E-state index in [1.165, 1.54) is 12.3 Å². The fourth-order valence-electron chi connectivity index (χ4n) is 0.526. The molecule has 0 saturated heterocycles. The number of amides is 1. The van der Waals surface area contributed by atoms with Crippen molar-refractivity contribution in [2.24, 2.45) is 5.73 Å². The molecule has 0 aliphatic carbocycles. The van der Waals surface area contributed by atoms with Gasteiger partial charge in [-0.3, -0.25) is 0 Å². The number of carbonyl (C=O) groups is 1. The van der Waals surface area contributed by atoms with Crippen LogP contribution in [0.2, 0.25) is 5.02 Å². The highest BCUT2D eigenvalue weighted by Crippen LogP contribution is 2.10. The van der Waals surface area contributed by atoms with Gasteiger partial charge in [-0.2, -0.15) is 0 Å². The standard InChI is InChI=1S/C6H5ClN2O2/c7-4-1-2-5(9-3-4)11-6(8)10/h1-3H,(H2,8,10). The molecule has 4 nitrogen and oxygen atoms in total. The zero-order chi connectivity index (χ0) is 8.27. The van der Waals surface area contributed by atoms with Crippen molar-refractivity contribution in [2.45, 2.75) is 0 Å². The monoisotopic (exact) mass is 172 g/mol. The molecule has 1 rings (SSSR count). The highest BCUT2D eigenvalue weighted by molar-refractivity contribution is 6.30. The summed E-state index contributed by atoms with van der Waals surface area (Å²) in [5.41, 5.74) is 4.73. The van der Waals surface area contributed by atoms with Gasteiger partial charge in [0.2, 0.25) is 5.88 Å². The molecular weight excluding hydrogens is 168 g/mol. The van der Waals surface area contributed by atoms with Crippen LogP contribution in [0.1, 0.15) is 0 Å². The van der Waals surface area contributed by atoms with Crippen LogP contribution in [0.3, 0.4) is 0 Å². The van der Waals surface area contributed by atoms with Gasteiger partial charge in [-0.25, -0.2) is 9.78 Å². The lowest BCUT2D eigenvalue weighted by atomic mass is 10.5. The summed E-state index contributed by atoms with van der Waals surface area (Å²) in [6.07, 6.45) is 0.472. The quantitative estimate of drug-likeness (QED) is 0.692. The lowest BCUT2D eigenvalue weighted by Crippen LogP contribution is -2.16. The average Bonchev–Trinajstić information content (AvgIpc) is 1.93. The maximum Gasteiger partial charge on any atom is 0.411 e. The van der Waals surface area contributed by atoms with Crippen molar-refractivity contribution in [1.82, 2.24) is 4.98 Å². The molecule has 0 bridgehead atoms. The molecule has 1 aromatic heterocycles. The van der Waals surface area contributed by atoms with Crippen LogP contribution in [0, 0.1) is 0 Å². The molecule has 2 N–H and O–H groups in total. The van der Waals surface area contributed by atoms with E-state index in [1.54, 1.807) is 6.07 Å². The van der Waals surface area contributed by atoms with Crippen LogP contribution in [0.25, 0.3) is 0 Å². The Labute approximate surface area is 67.9 Å². The summed E-state index contributed by atoms with van der Waals surface area (Å²) >= 11 is 5.51. The smallest absolute Gasteiger partial charge is 0.391 e. The van der Waals surface area contributed by atoms with E-state index in [-0.39, 0.29) is 5.88 Å². The van der Waals surface area contributed by atoms with Crippen LogP contribution in [-0.2, 0) is 0 Å². The van der Waals surface area contributed by atoms with Gasteiger partial charge in [-0.1, -0.05) is 11.6 Å². The van der Waals surface area contributed by atoms with Crippen LogP contribution in [0.5, 0.6) is 5.88 Å². The summed E-state index contributed by atoms with van der Waals surface area (Å²) in [5.74, 6) is 0.141. The van der Waals surface area contributed by atoms with Crippen LogP contribution in [-0.4, -0.2) is 11.1 Å². The van der Waals surface area contributed by atoms with E-state index in [9.17, 15) is 4.79 Å². The van der Waals surface area contributed by atoms with Gasteiger partial charge in [0.05, 0.1) is 5.02 Å². The molecule has 5 heteroatoms. The van der Waals surface area contributed by atoms with E-state index in [0.29, 0.717) is 5.02 Å². The molecule has 0 unspecified atom stereocenters. The summed E-state index contributed by atoms with van der Waals surface area (Å²) in [7, 11) is 0. The minimum atomic E-state index is -0.889. The fraction of sp³-hybridized carbons (Fsp3) is 0. The van der Waals surface area contributed by atoms with Crippen molar-refractivity contribution < 1.29 is 9.53 Å². The Bertz CT molecular complexity index is 260. The number of halogens is 1. The molecule has 11 heavy (non-hydrogen) atoms. The van der Waals surface area contributed by atoms with Gasteiger partial charge in [-0.05, 0) is 6.07 Å². The first-order valence-corrected chi connectivity index (χ1v) is 3.15. The first kappa shape index (κ1) is 7.81. The number of aromatic nitrogens is 1. The number of nitrogens with zero attached hydrogens (tertiary/aromatic N) is 1. The Morgan fingerprint density at radius 2 is 2.36 bits per heavy atom. The summed E-state index contributed by atoms with van der Waals surface area (Å²) in [6, 6.07) is 3.00. The second-order valence-electron chi connectivity index (χ2n) is 1.74. The Morgan fingerprint density at radius 1 is 1.64 bits per heavy atom. The maximum atomic E-state index is 10.2. The highest BCUT2D eigenvalue weighted by atomic mass is 35.5. The molecule has 0 saturated carbocycles. The van der Waals surface area contributed by atoms with Crippen LogP contribution in [0.15, 0.2) is 18.3 Å². The minimum Gasteiger partial charge on any atom is -0.391 e. The number of carbonyl (C=O) groups excluding carboxylic acids is 1. The predicted molar refractivity (Wildman–Crippen MR) is 39.5 cm³/mol. The van der Waals surface area contributed by atoms with Crippen molar-refractivity contribution in [3.63, 3.8) is 0 Å². The van der Waals surface area contributed by atoms with E-state index >= 15 is 0 Å². The molecule has 0 atom stereocenters. The third-order valence-corrected chi connectivity index (χ3v) is 1.13. The molecule has 0 spiro atoms. The summed E-state index contributed by atoms with van der Waals surface area (Å²) in [5, 5.41) is 0.474. The van der Waals surface area contributed by atoms with Crippen molar-refractivity contribution >= 4 is 17.7 Å². The number of primary amides is 1. The first-order valence-electron chi connectivity index (χ1n) is 2.77. The lowest BCUT2D eigenvalue weighted by Gasteiger charge is -1.97. The van der Waals surface area contributed by atoms with Gasteiger partial charge in [0, 0.05) is 12.3 Å². The highest BCUT2D eigenvalue weighted by Gasteiger charge is 1.97. The van der Waals surface area contributed by atoms with Crippen LogP contribution in [0.4, 0.5) is 4.79 Å². The van der Waals surface area contributed by atoms with Crippen molar-refractivity contribution in [2.75, 3.05) is 0 Å². The number of ether oxygens (including phenoxy) is 1. The molecule has 0 aliphatic heterocycles. The molecule has 58 valence electrons. The van der Waals surface area contributed by atoms with E-state index in [1.807, 2.05) is 0 Å². The van der Waals surface area contributed by atoms with Gasteiger partial charge in [0.1, 0.15) is 0 Å². The minimum absolute atomic E-state index is 0.141. The second kappa shape index (κ2) is 3.21. The molecule has 0 fully saturated rings. The van der Waals surface area contributed by atoms with E-state index in [0.717, 1.165) is 0 Å². The van der Waals surface area contributed by atoms with Crippen molar-refractivity contribution in [3.8, 4) is 5.88 Å². The fourth-order valence-corrected chi connectivity index (χ4v) is 0.637. The van der Waals surface area contributed by atoms with E-state index in [2.05, 4.69) is 9.72 Å². The third-order valence-electron chi connectivity index (χ3n) is 0.905. The number of hydrogen-bond acceptors (Lipinski definition) is 3. The molecule has 0 aromatic carbocycles. The second-order valence-corrected chi connectivity index (χ2v) is 2.17. The molecule has 0 radical (unpaired) electrons. The van der Waals surface area contributed by atoms with Crippen molar-refractivity contribution in [1.29, 1.82) is 0 Å². The molecule has 1 amide bonds. The Morgan fingerprint density at radius 3 is 2.82 bits per heavy atom. The zero-order valence-electron chi connectivity index (χ0n) is 5.45. The van der Waals surface area contributed by atoms with Gasteiger partial charge in [0.25, 0.3) is 0 Å². The van der Waals surface area contributed by atoms with E-state index < -0.39 is 6.09 Å². The van der Waals surface area contributed by atoms with Gasteiger partial charge in [-0.15, -0.1) is 0 Å². The summed E-state index contributed by atoms with van der Waals surface area (Å²) in [4.78, 5) is 13.8. The van der Waals surface area contributed by atoms with Gasteiger partial charge < -0.3 is 10.5 Å². The Kier molecular flexibility index (Phi) is 2.28. The number of pyridine rings is 1. The van der Waals surface area contributed by atoms with Gasteiger partial charge in [0.15, 0.2) is 0 Å². The molecule has 1 heterocycles. The average molecular weight is 173 g/mol. The first-order chi connectivity index (χ1) is 5.18. The number of nitrogens with two attached hydrogens (primary N) is 1. The largest absolute Gasteiger partial charge is 0.411 e. The lowest BCUT2D eigenvalue weighted by molar-refractivity contribution is 0.209. The van der Waals surface area contributed by atoms with Gasteiger partial charge >= 0.3 is 6.09 Å². The van der Waals surface area contributed by atoms with E-state index in [4.69, 9.17) is 17.3 Å². The third kappa shape index (κ3) is 2.43. The zero-order valence-corrected chi connectivity index (χ0v) is 6.21. The number of hydrogen-bond donors (Lipinski definition) is 1. The maximum absolute atomic E-state index is 10.2. The molecule has 1 aromatic rings. The van der Waals surface area contributed by atoms with Crippen LogP contribution < -0.4 is 10.5 Å². The number of rotatable bonds is 1. The SMILES string of the molecule is NC(=O)Oc1ccc(Cl)cn1. The Balaban J connectivity index is 2.74. The Hall–Kier alpha value is -1.29. The van der Waals surface area contributed by atoms with Crippen LogP contribution >= 0.6 is 11.6 Å². The summed E-state index contributed by atoms with van der Waals surface area (Å²) < 4.78 is 4.44. The summed E-state index contributed by atoms with van der Waals surface area (Å²) in [6.45, 7) is 0. The van der Waals surface area contributed by atoms with Crippen molar-refractivity contribution in [3.05, 3.63) is 23.4 Å².